The first-order chi connectivity index (χ1) is 18.9. The molecule has 3 aromatic heterocycles. The van der Waals surface area contributed by atoms with E-state index in [1.807, 2.05) is 60.1 Å². The number of halogens is 4. The molecule has 0 bridgehead atoms. The number of aliphatic hydroxyl groups is 1. The standard InChI is InChI=1S/C24H20ClN5O2S.C2HF3O2/c1-28-20-10-16(6-7-18(20)27-24(28)29-9-8-17(31)12-29)30-13-26-19-11-21(33-22(19)23(30)32)14-2-4-15(25)5-3-14;3-2(4,5)1(6)7/h2-7,10-11,13,17,31H,8-9,12H2,1H3;(H,6,7)/t17-;/m0./s1. The fourth-order valence-electron chi connectivity index (χ4n) is 4.37. The van der Waals surface area contributed by atoms with Gasteiger partial charge in [-0.25, -0.2) is 14.8 Å². The molecule has 0 radical (unpaired) electrons. The van der Waals surface area contributed by atoms with Crippen molar-refractivity contribution in [2.75, 3.05) is 18.0 Å². The Hall–Kier alpha value is -3.94. The van der Waals surface area contributed by atoms with Gasteiger partial charge in [0.2, 0.25) is 5.95 Å². The van der Waals surface area contributed by atoms with E-state index < -0.39 is 12.1 Å². The Labute approximate surface area is 233 Å². The molecule has 4 heterocycles. The number of β-amino-alcohol motifs (C(OH)–C–C–N with tert-alkyl or cyclic N) is 1. The van der Waals surface area contributed by atoms with Gasteiger partial charge in [-0.2, -0.15) is 13.2 Å². The van der Waals surface area contributed by atoms with Crippen molar-refractivity contribution in [1.29, 1.82) is 0 Å². The average molecular weight is 592 g/mol. The number of aliphatic hydroxyl groups excluding tert-OH is 1. The first-order valence-corrected chi connectivity index (χ1v) is 13.1. The van der Waals surface area contributed by atoms with Gasteiger partial charge in [-0.3, -0.25) is 9.36 Å². The number of hydrogen-bond donors (Lipinski definition) is 2. The number of hydrogen-bond acceptors (Lipinski definition) is 7. The Morgan fingerprint density at radius 1 is 1.12 bits per heavy atom. The normalized spacial score (nSPS) is 15.4. The maximum atomic E-state index is 13.4. The van der Waals surface area contributed by atoms with E-state index in [0.717, 1.165) is 46.1 Å². The van der Waals surface area contributed by atoms with Gasteiger partial charge in [0.05, 0.1) is 28.3 Å². The van der Waals surface area contributed by atoms with E-state index in [1.165, 1.54) is 11.3 Å². The smallest absolute Gasteiger partial charge is 0.475 e. The summed E-state index contributed by atoms with van der Waals surface area (Å²) in [6.45, 7) is 1.36. The summed E-state index contributed by atoms with van der Waals surface area (Å²) >= 11 is 7.44. The summed E-state index contributed by atoms with van der Waals surface area (Å²) in [7, 11) is 1.96. The van der Waals surface area contributed by atoms with Crippen molar-refractivity contribution >= 4 is 56.1 Å². The SMILES string of the molecule is Cn1c(N2CC[C@H](O)C2)nc2ccc(-n3cnc4cc(-c5ccc(Cl)cc5)sc4c3=O)cc21.O=C(O)C(F)(F)F. The second-order valence-corrected chi connectivity index (χ2v) is 10.6. The van der Waals surface area contributed by atoms with Crippen molar-refractivity contribution in [3.63, 3.8) is 0 Å². The number of carboxylic acid groups (broad SMARTS) is 1. The molecule has 2 N–H and O–H groups in total. The Morgan fingerprint density at radius 3 is 2.45 bits per heavy atom. The van der Waals surface area contributed by atoms with Gasteiger partial charge in [-0.15, -0.1) is 11.3 Å². The van der Waals surface area contributed by atoms with Crippen molar-refractivity contribution < 1.29 is 28.2 Å². The lowest BCUT2D eigenvalue weighted by Gasteiger charge is -2.16. The van der Waals surface area contributed by atoms with Gasteiger partial charge in [0, 0.05) is 30.0 Å². The van der Waals surface area contributed by atoms with E-state index >= 15 is 0 Å². The van der Waals surface area contributed by atoms with Gasteiger partial charge >= 0.3 is 12.1 Å². The monoisotopic (exact) mass is 591 g/mol. The molecule has 1 saturated heterocycles. The van der Waals surface area contributed by atoms with E-state index in [2.05, 4.69) is 9.88 Å². The second-order valence-electron chi connectivity index (χ2n) is 9.09. The van der Waals surface area contributed by atoms with Crippen LogP contribution in [-0.2, 0) is 11.8 Å². The van der Waals surface area contributed by atoms with Gasteiger partial charge in [0.25, 0.3) is 5.56 Å². The molecular formula is C26H21ClF3N5O4S. The summed E-state index contributed by atoms with van der Waals surface area (Å²) in [5, 5.41) is 17.7. The maximum Gasteiger partial charge on any atom is 0.490 e. The van der Waals surface area contributed by atoms with Gasteiger partial charge in [0.1, 0.15) is 11.0 Å². The fraction of sp³-hybridized carbons (Fsp3) is 0.231. The summed E-state index contributed by atoms with van der Waals surface area (Å²) in [6.07, 6.45) is -3.08. The molecule has 5 aromatic rings. The van der Waals surface area contributed by atoms with Crippen LogP contribution in [0.1, 0.15) is 6.42 Å². The molecule has 1 atom stereocenters. The molecule has 0 spiro atoms. The largest absolute Gasteiger partial charge is 0.490 e. The predicted octanol–water partition coefficient (Wildman–Crippen LogP) is 4.86. The molecule has 14 heteroatoms. The van der Waals surface area contributed by atoms with Crippen LogP contribution < -0.4 is 10.5 Å². The highest BCUT2D eigenvalue weighted by atomic mass is 35.5. The number of imidazole rings is 1. The van der Waals surface area contributed by atoms with Crippen LogP contribution in [0.3, 0.4) is 0 Å². The van der Waals surface area contributed by atoms with Crippen LogP contribution in [0.15, 0.2) is 59.7 Å². The lowest BCUT2D eigenvalue weighted by atomic mass is 10.2. The predicted molar refractivity (Wildman–Crippen MR) is 146 cm³/mol. The number of carbonyl (C=O) groups is 1. The molecule has 208 valence electrons. The quantitative estimate of drug-likeness (QED) is 0.308. The molecule has 1 fully saturated rings. The zero-order valence-corrected chi connectivity index (χ0v) is 22.3. The van der Waals surface area contributed by atoms with E-state index in [1.54, 1.807) is 10.9 Å². The summed E-state index contributed by atoms with van der Waals surface area (Å²) in [4.78, 5) is 34.6. The van der Waals surface area contributed by atoms with Crippen LogP contribution in [0.5, 0.6) is 0 Å². The van der Waals surface area contributed by atoms with Gasteiger partial charge < -0.3 is 19.7 Å². The Kier molecular flexibility index (Phi) is 7.29. The maximum absolute atomic E-state index is 13.4. The van der Waals surface area contributed by atoms with Gasteiger partial charge in [0.15, 0.2) is 0 Å². The molecule has 9 nitrogen and oxygen atoms in total. The number of aliphatic carboxylic acids is 1. The van der Waals surface area contributed by atoms with Crippen molar-refractivity contribution in [3.8, 4) is 16.1 Å². The van der Waals surface area contributed by atoms with Gasteiger partial charge in [-0.1, -0.05) is 23.7 Å². The first-order valence-electron chi connectivity index (χ1n) is 11.9. The van der Waals surface area contributed by atoms with E-state index in [4.69, 9.17) is 26.5 Å². The van der Waals surface area contributed by atoms with E-state index in [0.29, 0.717) is 21.8 Å². The molecule has 0 aliphatic carbocycles. The number of thiophene rings is 1. The van der Waals surface area contributed by atoms with Crippen LogP contribution >= 0.6 is 22.9 Å². The van der Waals surface area contributed by atoms with Crippen molar-refractivity contribution in [3.05, 3.63) is 70.2 Å². The molecule has 0 amide bonds. The zero-order chi connectivity index (χ0) is 28.8. The van der Waals surface area contributed by atoms with Crippen LogP contribution in [0.2, 0.25) is 5.02 Å². The lowest BCUT2D eigenvalue weighted by Crippen LogP contribution is -2.24. The minimum atomic E-state index is -5.08. The molecule has 0 unspecified atom stereocenters. The summed E-state index contributed by atoms with van der Waals surface area (Å²) in [5.74, 6) is -1.93. The third-order valence-corrected chi connectivity index (χ3v) is 7.79. The topological polar surface area (TPSA) is 113 Å². The Morgan fingerprint density at radius 2 is 1.82 bits per heavy atom. The molecule has 0 saturated carbocycles. The number of alkyl halides is 3. The van der Waals surface area contributed by atoms with Crippen LogP contribution in [-0.4, -0.2) is 60.7 Å². The Bertz CT molecular complexity index is 1780. The van der Waals surface area contributed by atoms with Crippen molar-refractivity contribution in [2.45, 2.75) is 18.7 Å². The fourth-order valence-corrected chi connectivity index (χ4v) is 5.55. The highest BCUT2D eigenvalue weighted by Gasteiger charge is 2.38. The van der Waals surface area contributed by atoms with Crippen molar-refractivity contribution in [2.24, 2.45) is 7.05 Å². The summed E-state index contributed by atoms with van der Waals surface area (Å²) in [6, 6.07) is 15.3. The molecule has 2 aromatic carbocycles. The lowest BCUT2D eigenvalue weighted by molar-refractivity contribution is -0.192. The number of rotatable bonds is 3. The Balaban J connectivity index is 0.000000411. The number of benzene rings is 2. The van der Waals surface area contributed by atoms with Crippen molar-refractivity contribution in [1.82, 2.24) is 19.1 Å². The summed E-state index contributed by atoms with van der Waals surface area (Å²) in [5.41, 5.74) is 4.09. The van der Waals surface area contributed by atoms with E-state index in [9.17, 15) is 23.1 Å². The number of anilines is 1. The zero-order valence-electron chi connectivity index (χ0n) is 20.8. The second kappa shape index (κ2) is 10.6. The molecule has 1 aliphatic heterocycles. The van der Waals surface area contributed by atoms with Crippen LogP contribution in [0.25, 0.3) is 37.4 Å². The number of fused-ring (bicyclic) bond motifs is 2. The molecular weight excluding hydrogens is 571 g/mol. The van der Waals surface area contributed by atoms with Crippen LogP contribution in [0.4, 0.5) is 19.1 Å². The minimum Gasteiger partial charge on any atom is -0.475 e. The third-order valence-electron chi connectivity index (χ3n) is 6.37. The minimum absolute atomic E-state index is 0.102. The first kappa shape index (κ1) is 27.6. The van der Waals surface area contributed by atoms with Gasteiger partial charge in [-0.05, 0) is 48.4 Å². The molecule has 6 rings (SSSR count). The van der Waals surface area contributed by atoms with E-state index in [-0.39, 0.29) is 11.7 Å². The molecule has 40 heavy (non-hydrogen) atoms. The third kappa shape index (κ3) is 5.40. The number of carboxylic acids is 1. The average Bonchev–Trinajstić information content (AvgIpc) is 3.62. The number of aryl methyl sites for hydroxylation is 1. The number of aromatic nitrogens is 4. The van der Waals surface area contributed by atoms with Crippen LogP contribution in [0, 0.1) is 0 Å². The highest BCUT2D eigenvalue weighted by Crippen LogP contribution is 2.32. The number of nitrogens with zero attached hydrogens (tertiary/aromatic N) is 5. The highest BCUT2D eigenvalue weighted by molar-refractivity contribution is 7.22. The summed E-state index contributed by atoms with van der Waals surface area (Å²) < 4.78 is 35.9. The molecule has 1 aliphatic rings.